The van der Waals surface area contributed by atoms with Gasteiger partial charge in [-0.2, -0.15) is 0 Å². The predicted octanol–water partition coefficient (Wildman–Crippen LogP) is 10.1. The van der Waals surface area contributed by atoms with Gasteiger partial charge in [0, 0.05) is 69.5 Å². The smallest absolute Gasteiger partial charge is 0.254 e. The highest BCUT2D eigenvalue weighted by molar-refractivity contribution is 6.13. The Morgan fingerprint density at radius 2 is 1.53 bits per heavy atom. The molecule has 3 heterocycles. The number of amides is 2. The van der Waals surface area contributed by atoms with Crippen LogP contribution in [0.2, 0.25) is 0 Å². The normalized spacial score (nSPS) is 28.8. The van der Waals surface area contributed by atoms with Crippen molar-refractivity contribution >= 4 is 23.6 Å². The van der Waals surface area contributed by atoms with Gasteiger partial charge in [-0.25, -0.2) is 0 Å². The van der Waals surface area contributed by atoms with E-state index < -0.39 is 35.1 Å². The zero-order valence-electron chi connectivity index (χ0n) is 45.3. The number of ether oxygens (including phenoxy) is 5. The second-order valence-electron chi connectivity index (χ2n) is 24.3. The third kappa shape index (κ3) is 7.69. The van der Waals surface area contributed by atoms with Gasteiger partial charge < -0.3 is 49.4 Å². The van der Waals surface area contributed by atoms with E-state index in [2.05, 4.69) is 47.1 Å². The average Bonchev–Trinajstić information content (AvgIpc) is 3.18. The summed E-state index contributed by atoms with van der Waals surface area (Å²) in [5.41, 5.74) is 7.04. The number of carbonyl (C=O) groups excluding carboxylic acids is 2. The number of imide groups is 1. The van der Waals surface area contributed by atoms with Crippen LogP contribution in [-0.4, -0.2) is 90.0 Å². The van der Waals surface area contributed by atoms with Crippen LogP contribution >= 0.6 is 0 Å². The summed E-state index contributed by atoms with van der Waals surface area (Å²) >= 11 is 0. The molecule has 4 saturated carbocycles. The number of nitrogens with zero attached hydrogens (tertiary/aromatic N) is 1. The van der Waals surface area contributed by atoms with Crippen molar-refractivity contribution in [2.45, 2.75) is 139 Å². The first kappa shape index (κ1) is 51.4. The number of methoxy groups -OCH3 is 2. The quantitative estimate of drug-likeness (QED) is 0.0398. The third-order valence-corrected chi connectivity index (χ3v) is 21.0. The maximum absolute atomic E-state index is 14.4. The average molecular weight is 1060 g/mol. The van der Waals surface area contributed by atoms with Gasteiger partial charge in [-0.05, 0) is 134 Å². The molecule has 78 heavy (non-hydrogen) atoms. The highest BCUT2D eigenvalue weighted by Gasteiger charge is 2.69. The van der Waals surface area contributed by atoms with Crippen molar-refractivity contribution in [3.63, 3.8) is 0 Å². The Balaban J connectivity index is 0.871. The lowest BCUT2D eigenvalue weighted by molar-refractivity contribution is -0.171. The molecule has 14 heteroatoms. The van der Waals surface area contributed by atoms with E-state index >= 15 is 0 Å². The lowest BCUT2D eigenvalue weighted by Gasteiger charge is -2.67. The van der Waals surface area contributed by atoms with Crippen molar-refractivity contribution in [2.75, 3.05) is 52.6 Å². The molecule has 3 aliphatic heterocycles. The Morgan fingerprint density at radius 3 is 2.28 bits per heavy atom. The van der Waals surface area contributed by atoms with Gasteiger partial charge in [0.2, 0.25) is 5.75 Å². The maximum atomic E-state index is 14.4. The van der Waals surface area contributed by atoms with Crippen LogP contribution in [0.1, 0.15) is 154 Å². The van der Waals surface area contributed by atoms with E-state index in [1.54, 1.807) is 24.1 Å². The Morgan fingerprint density at radius 1 is 0.795 bits per heavy atom. The second kappa shape index (κ2) is 19.6. The minimum atomic E-state index is -1.06. The molecule has 4 aromatic carbocycles. The number of allylic oxidation sites excluding steroid dienone is 1. The van der Waals surface area contributed by atoms with Crippen LogP contribution in [0, 0.1) is 28.6 Å². The molecule has 412 valence electrons. The van der Waals surface area contributed by atoms with Crippen LogP contribution in [0.15, 0.2) is 66.8 Å². The molecule has 0 bridgehead atoms. The number of benzene rings is 4. The van der Waals surface area contributed by atoms with Crippen molar-refractivity contribution in [2.24, 2.45) is 28.6 Å². The van der Waals surface area contributed by atoms with Crippen LogP contribution in [0.5, 0.6) is 34.5 Å². The molecular weight excluding hydrogens is 987 g/mol. The van der Waals surface area contributed by atoms with E-state index in [1.807, 2.05) is 19.1 Å². The molecule has 14 nitrogen and oxygen atoms in total. The number of fused-ring (bicyclic) bond motifs is 5. The highest BCUT2D eigenvalue weighted by Crippen LogP contribution is 2.71. The first-order valence-corrected chi connectivity index (χ1v) is 28.9. The SMILES string of the molecule is CCNCOc1cc(OC)c2c3c1[C@H](O)Nc1cc4c(c(c1-3)CC2)[C@@H](O)[C@H](c1cc(OC)c(O)c(OC[C@H](CO)[C@@]23CCC5(CCCC5)[C@@H]([C@]5(N6C(=O)C=CC6=O)CCCC6(CCCC6)C5)[C@@H]2C=Cc2ccccc23)c1)CO4. The van der Waals surface area contributed by atoms with Gasteiger partial charge in [0.15, 0.2) is 17.7 Å². The number of phenolic OH excluding ortho intramolecular Hbond substituents is 1. The van der Waals surface area contributed by atoms with E-state index in [0.29, 0.717) is 59.0 Å². The summed E-state index contributed by atoms with van der Waals surface area (Å²) < 4.78 is 31.5. The molecule has 6 N–H and O–H groups in total. The summed E-state index contributed by atoms with van der Waals surface area (Å²) in [6.07, 6.45) is 20.9. The van der Waals surface area contributed by atoms with E-state index in [4.69, 9.17) is 23.7 Å². The molecule has 9 aliphatic rings. The van der Waals surface area contributed by atoms with Crippen molar-refractivity contribution < 1.29 is 53.7 Å². The Kier molecular flexibility index (Phi) is 12.9. The number of hydrogen-bond donors (Lipinski definition) is 6. The van der Waals surface area contributed by atoms with Crippen LogP contribution in [-0.2, 0) is 27.8 Å². The number of carbonyl (C=O) groups is 2. The maximum Gasteiger partial charge on any atom is 0.254 e. The second-order valence-corrected chi connectivity index (χ2v) is 24.3. The first-order chi connectivity index (χ1) is 37.9. The summed E-state index contributed by atoms with van der Waals surface area (Å²) in [5.74, 6) is 0.183. The summed E-state index contributed by atoms with van der Waals surface area (Å²) in [6, 6.07) is 15.8. The van der Waals surface area contributed by atoms with Crippen molar-refractivity contribution in [3.8, 4) is 45.6 Å². The minimum absolute atomic E-state index is 0.0439. The Hall–Kier alpha value is -6.06. The lowest BCUT2D eigenvalue weighted by atomic mass is 9.40. The van der Waals surface area contributed by atoms with Crippen molar-refractivity contribution in [1.82, 2.24) is 10.2 Å². The fourth-order valence-corrected chi connectivity index (χ4v) is 17.9. The van der Waals surface area contributed by atoms with Gasteiger partial charge in [0.1, 0.15) is 24.0 Å². The number of aliphatic hydroxyl groups excluding tert-OH is 3. The fraction of sp³-hybridized carbons (Fsp3) is 0.531. The summed E-state index contributed by atoms with van der Waals surface area (Å²) in [4.78, 5) is 30.6. The summed E-state index contributed by atoms with van der Waals surface area (Å²) in [5, 5.41) is 55.0. The minimum Gasteiger partial charge on any atom is -0.502 e. The molecule has 0 radical (unpaired) electrons. The van der Waals surface area contributed by atoms with Gasteiger partial charge in [0.25, 0.3) is 11.8 Å². The van der Waals surface area contributed by atoms with Crippen LogP contribution < -0.4 is 34.3 Å². The monoisotopic (exact) mass is 1060 g/mol. The number of rotatable bonds is 14. The van der Waals surface area contributed by atoms with E-state index in [1.165, 1.54) is 32.1 Å². The van der Waals surface area contributed by atoms with E-state index in [0.717, 1.165) is 110 Å². The molecule has 4 aromatic rings. The number of phenols is 1. The van der Waals surface area contributed by atoms with Crippen LogP contribution in [0.3, 0.4) is 0 Å². The molecule has 6 aliphatic carbocycles. The summed E-state index contributed by atoms with van der Waals surface area (Å²) in [6.45, 7) is 2.90. The largest absolute Gasteiger partial charge is 0.502 e. The molecule has 2 spiro atoms. The third-order valence-electron chi connectivity index (χ3n) is 21.0. The van der Waals surface area contributed by atoms with Crippen molar-refractivity contribution in [1.29, 1.82) is 0 Å². The van der Waals surface area contributed by atoms with Gasteiger partial charge in [-0.15, -0.1) is 0 Å². The lowest BCUT2D eigenvalue weighted by Crippen LogP contribution is -2.69. The molecule has 0 aromatic heterocycles. The standard InChI is InChI=1S/C64H75N3O11/c1-4-65-36-78-48-31-46(74-2)40-15-16-41-53-45(66-60(73)56(48)55(40)53)30-47-54(41)57(71)42(34-77-47)38-28-49(75-3)58(72)50(29-38)76-33-39(32-68)64-27-26-62(23-9-10-24-62)59(44(64)17-14-37-12-5-6-13-43(37)64)63(67-51(69)18-19-52(67)70)25-11-22-61(35-63)20-7-8-21-61/h5-6,12-14,17-19,28-31,39,42,44,57,59-60,65-66,68,71-73H,4,7-11,15-16,20-27,32-36H2,1-3H3/t39-,42-,44-,57-,59-,60-,63-,64+/m0/s1. The van der Waals surface area contributed by atoms with Gasteiger partial charge >= 0.3 is 0 Å². The molecular formula is C64H75N3O11. The van der Waals surface area contributed by atoms with Crippen molar-refractivity contribution in [3.05, 3.63) is 106 Å². The molecule has 4 fully saturated rings. The highest BCUT2D eigenvalue weighted by atomic mass is 16.5. The predicted molar refractivity (Wildman–Crippen MR) is 295 cm³/mol. The van der Waals surface area contributed by atoms with Gasteiger partial charge in [-0.3, -0.25) is 19.8 Å². The topological polar surface area (TPSA) is 189 Å². The zero-order valence-corrected chi connectivity index (χ0v) is 45.3. The van der Waals surface area contributed by atoms with E-state index in [-0.39, 0.29) is 78.3 Å². The number of nitrogens with one attached hydrogen (secondary N) is 2. The van der Waals surface area contributed by atoms with Crippen LogP contribution in [0.25, 0.3) is 17.2 Å². The molecule has 2 amide bonds. The number of anilines is 1. The van der Waals surface area contributed by atoms with Gasteiger partial charge in [-0.1, -0.05) is 75.4 Å². The Bertz CT molecular complexity index is 3100. The number of aliphatic hydroxyl groups is 3. The van der Waals surface area contributed by atoms with Gasteiger partial charge in [0.05, 0.1) is 51.2 Å². The molecule has 13 rings (SSSR count). The zero-order chi connectivity index (χ0) is 53.7. The van der Waals surface area contributed by atoms with E-state index in [9.17, 15) is 30.0 Å². The number of aromatic hydroxyl groups is 1. The Labute approximate surface area is 457 Å². The molecule has 0 unspecified atom stereocenters. The molecule has 0 saturated heterocycles. The first-order valence-electron chi connectivity index (χ1n) is 28.9. The fourth-order valence-electron chi connectivity index (χ4n) is 17.9. The van der Waals surface area contributed by atoms with Crippen LogP contribution in [0.4, 0.5) is 5.69 Å². The number of hydrogen-bond acceptors (Lipinski definition) is 13. The summed E-state index contributed by atoms with van der Waals surface area (Å²) in [7, 11) is 3.14. The molecule has 8 atom stereocenters.